The Kier molecular flexibility index (Phi) is 8.59. The SMILES string of the molecule is CCCNCC(COC)OCC1CCCCN1C. The first kappa shape index (κ1) is 15.9. The highest BCUT2D eigenvalue weighted by Crippen LogP contribution is 2.15. The molecule has 0 amide bonds. The second-order valence-corrected chi connectivity index (χ2v) is 5.25. The molecule has 0 bridgehead atoms. The fourth-order valence-corrected chi connectivity index (χ4v) is 2.39. The zero-order chi connectivity index (χ0) is 13.2. The van der Waals surface area contributed by atoms with Gasteiger partial charge in [0.15, 0.2) is 0 Å². The van der Waals surface area contributed by atoms with E-state index in [9.17, 15) is 0 Å². The normalized spacial score (nSPS) is 23.2. The van der Waals surface area contributed by atoms with Crippen molar-refractivity contribution in [2.75, 3.05) is 47.0 Å². The fourth-order valence-electron chi connectivity index (χ4n) is 2.39. The number of piperidine rings is 1. The van der Waals surface area contributed by atoms with Crippen molar-refractivity contribution in [3.05, 3.63) is 0 Å². The molecule has 1 rings (SSSR count). The van der Waals surface area contributed by atoms with Gasteiger partial charge in [-0.05, 0) is 39.4 Å². The standard InChI is InChI=1S/C14H30N2O2/c1-4-8-15-10-14(12-17-3)18-11-13-7-5-6-9-16(13)2/h13-15H,4-12H2,1-3H3. The van der Waals surface area contributed by atoms with Crippen LogP contribution >= 0.6 is 0 Å². The Labute approximate surface area is 112 Å². The molecule has 18 heavy (non-hydrogen) atoms. The maximum absolute atomic E-state index is 6.01. The smallest absolute Gasteiger partial charge is 0.0933 e. The summed E-state index contributed by atoms with van der Waals surface area (Å²) in [6.07, 6.45) is 5.26. The molecule has 0 spiro atoms. The van der Waals surface area contributed by atoms with Crippen molar-refractivity contribution in [1.29, 1.82) is 0 Å². The number of ether oxygens (including phenoxy) is 2. The Morgan fingerprint density at radius 2 is 2.22 bits per heavy atom. The monoisotopic (exact) mass is 258 g/mol. The first-order chi connectivity index (χ1) is 8.77. The van der Waals surface area contributed by atoms with E-state index in [2.05, 4.69) is 24.2 Å². The van der Waals surface area contributed by atoms with Crippen LogP contribution in [-0.4, -0.2) is 64.1 Å². The van der Waals surface area contributed by atoms with Crippen molar-refractivity contribution in [3.63, 3.8) is 0 Å². The molecule has 1 aliphatic heterocycles. The average Bonchev–Trinajstić information content (AvgIpc) is 2.38. The lowest BCUT2D eigenvalue weighted by atomic mass is 10.0. The third-order valence-corrected chi connectivity index (χ3v) is 3.60. The van der Waals surface area contributed by atoms with Crippen molar-refractivity contribution >= 4 is 0 Å². The third kappa shape index (κ3) is 6.14. The summed E-state index contributed by atoms with van der Waals surface area (Å²) in [6.45, 7) is 6.82. The molecule has 1 aliphatic rings. The van der Waals surface area contributed by atoms with E-state index < -0.39 is 0 Å². The van der Waals surface area contributed by atoms with Crippen molar-refractivity contribution in [2.24, 2.45) is 0 Å². The van der Waals surface area contributed by atoms with Gasteiger partial charge in [0.2, 0.25) is 0 Å². The Hall–Kier alpha value is -0.160. The lowest BCUT2D eigenvalue weighted by molar-refractivity contribution is -0.0297. The van der Waals surface area contributed by atoms with Gasteiger partial charge in [0, 0.05) is 19.7 Å². The Morgan fingerprint density at radius 1 is 1.39 bits per heavy atom. The Balaban J connectivity index is 2.22. The van der Waals surface area contributed by atoms with E-state index in [1.807, 2.05) is 0 Å². The van der Waals surface area contributed by atoms with Gasteiger partial charge in [-0.15, -0.1) is 0 Å². The maximum atomic E-state index is 6.01. The van der Waals surface area contributed by atoms with Crippen LogP contribution in [0.15, 0.2) is 0 Å². The quantitative estimate of drug-likeness (QED) is 0.636. The topological polar surface area (TPSA) is 33.7 Å². The van der Waals surface area contributed by atoms with Gasteiger partial charge >= 0.3 is 0 Å². The van der Waals surface area contributed by atoms with Gasteiger partial charge in [-0.3, -0.25) is 0 Å². The molecular formula is C14H30N2O2. The largest absolute Gasteiger partial charge is 0.382 e. The summed E-state index contributed by atoms with van der Waals surface area (Å²) in [4.78, 5) is 2.42. The number of likely N-dealkylation sites (N-methyl/N-ethyl adjacent to an activating group) is 1. The van der Waals surface area contributed by atoms with Gasteiger partial charge in [-0.25, -0.2) is 0 Å². The molecule has 2 unspecified atom stereocenters. The van der Waals surface area contributed by atoms with Crippen molar-refractivity contribution in [3.8, 4) is 0 Å². The summed E-state index contributed by atoms with van der Waals surface area (Å²) in [7, 11) is 3.94. The molecule has 0 radical (unpaired) electrons. The molecule has 1 fully saturated rings. The minimum absolute atomic E-state index is 0.178. The highest BCUT2D eigenvalue weighted by molar-refractivity contribution is 4.74. The van der Waals surface area contributed by atoms with Crippen LogP contribution in [0.25, 0.3) is 0 Å². The van der Waals surface area contributed by atoms with Crippen LogP contribution in [0.4, 0.5) is 0 Å². The zero-order valence-corrected chi connectivity index (χ0v) is 12.3. The third-order valence-electron chi connectivity index (χ3n) is 3.60. The summed E-state index contributed by atoms with van der Waals surface area (Å²) in [5, 5.41) is 3.40. The van der Waals surface area contributed by atoms with E-state index in [4.69, 9.17) is 9.47 Å². The molecule has 0 aromatic rings. The number of nitrogens with zero attached hydrogens (tertiary/aromatic N) is 1. The number of hydrogen-bond acceptors (Lipinski definition) is 4. The molecule has 0 aromatic heterocycles. The van der Waals surface area contributed by atoms with Crippen molar-refractivity contribution < 1.29 is 9.47 Å². The molecular weight excluding hydrogens is 228 g/mol. The molecule has 1 heterocycles. The minimum atomic E-state index is 0.178. The first-order valence-corrected chi connectivity index (χ1v) is 7.29. The Bertz CT molecular complexity index is 202. The zero-order valence-electron chi connectivity index (χ0n) is 12.3. The molecule has 2 atom stereocenters. The highest BCUT2D eigenvalue weighted by Gasteiger charge is 2.20. The van der Waals surface area contributed by atoms with Crippen molar-refractivity contribution in [1.82, 2.24) is 10.2 Å². The molecule has 4 heteroatoms. The van der Waals surface area contributed by atoms with Gasteiger partial charge in [0.05, 0.1) is 19.3 Å². The van der Waals surface area contributed by atoms with Gasteiger partial charge < -0.3 is 19.7 Å². The number of rotatable bonds is 9. The summed E-state index contributed by atoms with van der Waals surface area (Å²) >= 11 is 0. The average molecular weight is 258 g/mol. The molecule has 0 aliphatic carbocycles. The number of methoxy groups -OCH3 is 1. The number of hydrogen-bond donors (Lipinski definition) is 1. The van der Waals surface area contributed by atoms with Gasteiger partial charge in [0.25, 0.3) is 0 Å². The predicted molar refractivity (Wildman–Crippen MR) is 75.0 cm³/mol. The van der Waals surface area contributed by atoms with E-state index in [0.29, 0.717) is 12.6 Å². The van der Waals surface area contributed by atoms with E-state index >= 15 is 0 Å². The molecule has 0 saturated carbocycles. The van der Waals surface area contributed by atoms with Crippen LogP contribution in [-0.2, 0) is 9.47 Å². The van der Waals surface area contributed by atoms with Crippen LogP contribution in [0, 0.1) is 0 Å². The summed E-state index contributed by atoms with van der Waals surface area (Å²) < 4.78 is 11.2. The minimum Gasteiger partial charge on any atom is -0.382 e. The van der Waals surface area contributed by atoms with Crippen LogP contribution in [0.3, 0.4) is 0 Å². The van der Waals surface area contributed by atoms with E-state index in [1.165, 1.54) is 25.8 Å². The Morgan fingerprint density at radius 3 is 2.89 bits per heavy atom. The highest BCUT2D eigenvalue weighted by atomic mass is 16.5. The van der Waals surface area contributed by atoms with Crippen molar-refractivity contribution in [2.45, 2.75) is 44.8 Å². The lowest BCUT2D eigenvalue weighted by Gasteiger charge is -2.33. The van der Waals surface area contributed by atoms with Crippen LogP contribution < -0.4 is 5.32 Å². The maximum Gasteiger partial charge on any atom is 0.0933 e. The summed E-state index contributed by atoms with van der Waals surface area (Å²) in [5.41, 5.74) is 0. The predicted octanol–water partition coefficient (Wildman–Crippen LogP) is 1.50. The second kappa shape index (κ2) is 9.73. The van der Waals surface area contributed by atoms with Crippen LogP contribution in [0.5, 0.6) is 0 Å². The second-order valence-electron chi connectivity index (χ2n) is 5.25. The molecule has 108 valence electrons. The van der Waals surface area contributed by atoms with E-state index in [1.54, 1.807) is 7.11 Å². The molecule has 4 nitrogen and oxygen atoms in total. The number of likely N-dealkylation sites (tertiary alicyclic amines) is 1. The van der Waals surface area contributed by atoms with Gasteiger partial charge in [-0.2, -0.15) is 0 Å². The van der Waals surface area contributed by atoms with E-state index in [0.717, 1.165) is 26.1 Å². The fraction of sp³-hybridized carbons (Fsp3) is 1.00. The molecule has 1 N–H and O–H groups in total. The molecule has 1 saturated heterocycles. The van der Waals surface area contributed by atoms with Crippen LogP contribution in [0.1, 0.15) is 32.6 Å². The van der Waals surface area contributed by atoms with Gasteiger partial charge in [0.1, 0.15) is 0 Å². The van der Waals surface area contributed by atoms with Crippen LogP contribution in [0.2, 0.25) is 0 Å². The summed E-state index contributed by atoms with van der Waals surface area (Å²) in [6, 6.07) is 0.587. The summed E-state index contributed by atoms with van der Waals surface area (Å²) in [5.74, 6) is 0. The first-order valence-electron chi connectivity index (χ1n) is 7.29. The van der Waals surface area contributed by atoms with E-state index in [-0.39, 0.29) is 6.10 Å². The number of nitrogens with one attached hydrogen (secondary N) is 1. The van der Waals surface area contributed by atoms with Gasteiger partial charge in [-0.1, -0.05) is 13.3 Å². The molecule has 0 aromatic carbocycles. The lowest BCUT2D eigenvalue weighted by Crippen LogP contribution is -2.42.